The normalized spacial score (nSPS) is 14.2. The monoisotopic (exact) mass is 274 g/mol. The molecule has 2 heterocycles. The molecular formula is C14H14N2O2S. The molecule has 4 nitrogen and oxygen atoms in total. The van der Waals surface area contributed by atoms with Gasteiger partial charge in [-0.15, -0.1) is 11.3 Å². The molecule has 2 aromatic rings. The van der Waals surface area contributed by atoms with Crippen molar-refractivity contribution >= 4 is 23.0 Å². The molecular weight excluding hydrogens is 260 g/mol. The third-order valence-electron chi connectivity index (χ3n) is 3.30. The van der Waals surface area contributed by atoms with Gasteiger partial charge in [0, 0.05) is 17.6 Å². The minimum Gasteiger partial charge on any atom is -0.476 e. The number of carboxylic acids is 1. The maximum Gasteiger partial charge on any atom is 0.355 e. The van der Waals surface area contributed by atoms with Crippen LogP contribution in [0.15, 0.2) is 29.6 Å². The molecule has 1 N–H and O–H groups in total. The number of hydrogen-bond donors (Lipinski definition) is 1. The lowest BCUT2D eigenvalue weighted by Crippen LogP contribution is -2.28. The number of aromatic carboxylic acids is 1. The Labute approximate surface area is 115 Å². The van der Waals surface area contributed by atoms with Crippen molar-refractivity contribution in [3.05, 3.63) is 45.9 Å². The Morgan fingerprint density at radius 3 is 3.05 bits per heavy atom. The van der Waals surface area contributed by atoms with Crippen LogP contribution in [-0.4, -0.2) is 22.6 Å². The predicted octanol–water partition coefficient (Wildman–Crippen LogP) is 2.79. The zero-order chi connectivity index (χ0) is 13.2. The Balaban J connectivity index is 1.82. The lowest BCUT2D eigenvalue weighted by atomic mass is 10.0. The fourth-order valence-electron chi connectivity index (χ4n) is 2.42. The Morgan fingerprint density at radius 2 is 2.26 bits per heavy atom. The van der Waals surface area contributed by atoms with Crippen LogP contribution in [0.3, 0.4) is 0 Å². The standard InChI is InChI=1S/C14H14N2O2S/c17-14(18)11-9-19-13(15-11)8-16-7-3-5-10-4-1-2-6-12(10)16/h1-2,4,6,9H,3,5,7-8H2,(H,17,18). The van der Waals surface area contributed by atoms with Crippen molar-refractivity contribution in [2.24, 2.45) is 0 Å². The first-order valence-electron chi connectivity index (χ1n) is 6.24. The molecule has 0 atom stereocenters. The Hall–Kier alpha value is -1.88. The van der Waals surface area contributed by atoms with Crippen molar-refractivity contribution in [1.82, 2.24) is 4.98 Å². The van der Waals surface area contributed by atoms with E-state index >= 15 is 0 Å². The fraction of sp³-hybridized carbons (Fsp3) is 0.286. The highest BCUT2D eigenvalue weighted by Crippen LogP contribution is 2.28. The summed E-state index contributed by atoms with van der Waals surface area (Å²) in [4.78, 5) is 17.3. The van der Waals surface area contributed by atoms with Gasteiger partial charge in [-0.2, -0.15) is 0 Å². The molecule has 98 valence electrons. The highest BCUT2D eigenvalue weighted by molar-refractivity contribution is 7.09. The number of para-hydroxylation sites is 1. The van der Waals surface area contributed by atoms with Gasteiger partial charge in [-0.3, -0.25) is 0 Å². The molecule has 0 aliphatic carbocycles. The third kappa shape index (κ3) is 2.46. The van der Waals surface area contributed by atoms with Gasteiger partial charge in [-0.05, 0) is 24.5 Å². The molecule has 1 aromatic heterocycles. The summed E-state index contributed by atoms with van der Waals surface area (Å²) in [7, 11) is 0. The number of aryl methyl sites for hydroxylation is 1. The number of anilines is 1. The van der Waals surface area contributed by atoms with E-state index in [1.165, 1.54) is 22.6 Å². The quantitative estimate of drug-likeness (QED) is 0.935. The van der Waals surface area contributed by atoms with Crippen LogP contribution >= 0.6 is 11.3 Å². The van der Waals surface area contributed by atoms with Crippen LogP contribution in [0.25, 0.3) is 0 Å². The molecule has 0 radical (unpaired) electrons. The number of thiazole rings is 1. The van der Waals surface area contributed by atoms with Gasteiger partial charge in [0.05, 0.1) is 6.54 Å². The van der Waals surface area contributed by atoms with E-state index in [2.05, 4.69) is 28.1 Å². The average molecular weight is 274 g/mol. The zero-order valence-corrected chi connectivity index (χ0v) is 11.2. The molecule has 0 saturated carbocycles. The maximum absolute atomic E-state index is 10.8. The number of fused-ring (bicyclic) bond motifs is 1. The largest absolute Gasteiger partial charge is 0.476 e. The van der Waals surface area contributed by atoms with E-state index < -0.39 is 5.97 Å². The zero-order valence-electron chi connectivity index (χ0n) is 10.4. The molecule has 0 saturated heterocycles. The molecule has 19 heavy (non-hydrogen) atoms. The topological polar surface area (TPSA) is 53.4 Å². The number of benzene rings is 1. The summed E-state index contributed by atoms with van der Waals surface area (Å²) in [6.45, 7) is 1.69. The molecule has 0 unspecified atom stereocenters. The van der Waals surface area contributed by atoms with E-state index in [9.17, 15) is 4.79 Å². The van der Waals surface area contributed by atoms with Crippen LogP contribution in [-0.2, 0) is 13.0 Å². The molecule has 3 rings (SSSR count). The SMILES string of the molecule is O=C(O)c1csc(CN2CCCc3ccccc32)n1. The Kier molecular flexibility index (Phi) is 3.21. The van der Waals surface area contributed by atoms with Crippen LogP contribution in [0.2, 0.25) is 0 Å². The molecule has 0 fully saturated rings. The van der Waals surface area contributed by atoms with E-state index in [1.54, 1.807) is 5.38 Å². The molecule has 0 spiro atoms. The van der Waals surface area contributed by atoms with Crippen LogP contribution in [0.1, 0.15) is 27.5 Å². The number of hydrogen-bond acceptors (Lipinski definition) is 4. The summed E-state index contributed by atoms with van der Waals surface area (Å²) in [5, 5.41) is 11.4. The van der Waals surface area contributed by atoms with Crippen LogP contribution in [0.5, 0.6) is 0 Å². The summed E-state index contributed by atoms with van der Waals surface area (Å²) in [5.74, 6) is -0.957. The van der Waals surface area contributed by atoms with E-state index in [-0.39, 0.29) is 5.69 Å². The first-order chi connectivity index (χ1) is 9.24. The number of carbonyl (C=O) groups is 1. The maximum atomic E-state index is 10.8. The molecule has 1 aliphatic heterocycles. The van der Waals surface area contributed by atoms with E-state index in [0.29, 0.717) is 6.54 Å². The molecule has 1 aliphatic rings. The fourth-order valence-corrected chi connectivity index (χ4v) is 3.20. The van der Waals surface area contributed by atoms with Gasteiger partial charge in [0.15, 0.2) is 5.69 Å². The molecule has 0 bridgehead atoms. The van der Waals surface area contributed by atoms with Gasteiger partial charge in [0.25, 0.3) is 0 Å². The second kappa shape index (κ2) is 5.01. The highest BCUT2D eigenvalue weighted by Gasteiger charge is 2.18. The van der Waals surface area contributed by atoms with E-state index in [0.717, 1.165) is 24.4 Å². The molecule has 5 heteroatoms. The lowest BCUT2D eigenvalue weighted by Gasteiger charge is -2.30. The number of rotatable bonds is 3. The van der Waals surface area contributed by atoms with Gasteiger partial charge in [-0.25, -0.2) is 9.78 Å². The van der Waals surface area contributed by atoms with Crippen LogP contribution in [0, 0.1) is 0 Å². The van der Waals surface area contributed by atoms with Crippen molar-refractivity contribution in [2.75, 3.05) is 11.4 Å². The van der Waals surface area contributed by atoms with Crippen molar-refractivity contribution in [1.29, 1.82) is 0 Å². The summed E-state index contributed by atoms with van der Waals surface area (Å²) < 4.78 is 0. The van der Waals surface area contributed by atoms with Gasteiger partial charge in [0.2, 0.25) is 0 Å². The number of aromatic nitrogens is 1. The smallest absolute Gasteiger partial charge is 0.355 e. The van der Waals surface area contributed by atoms with Gasteiger partial charge < -0.3 is 10.0 Å². The number of nitrogens with zero attached hydrogens (tertiary/aromatic N) is 2. The van der Waals surface area contributed by atoms with Crippen molar-refractivity contribution in [3.8, 4) is 0 Å². The lowest BCUT2D eigenvalue weighted by molar-refractivity contribution is 0.0691. The summed E-state index contributed by atoms with van der Waals surface area (Å²) >= 11 is 1.41. The summed E-state index contributed by atoms with van der Waals surface area (Å²) in [6, 6.07) is 8.39. The van der Waals surface area contributed by atoms with Crippen LogP contribution in [0.4, 0.5) is 5.69 Å². The Morgan fingerprint density at radius 1 is 1.42 bits per heavy atom. The molecule has 1 aromatic carbocycles. The van der Waals surface area contributed by atoms with Gasteiger partial charge in [0.1, 0.15) is 5.01 Å². The van der Waals surface area contributed by atoms with Crippen LogP contribution < -0.4 is 4.90 Å². The first-order valence-corrected chi connectivity index (χ1v) is 7.12. The van der Waals surface area contributed by atoms with Gasteiger partial charge >= 0.3 is 5.97 Å². The Bertz CT molecular complexity index is 609. The summed E-state index contributed by atoms with van der Waals surface area (Å²) in [6.07, 6.45) is 2.25. The minimum atomic E-state index is -0.957. The van der Waals surface area contributed by atoms with E-state index in [4.69, 9.17) is 5.11 Å². The minimum absolute atomic E-state index is 0.144. The van der Waals surface area contributed by atoms with Gasteiger partial charge in [-0.1, -0.05) is 18.2 Å². The average Bonchev–Trinajstić information content (AvgIpc) is 2.88. The summed E-state index contributed by atoms with van der Waals surface area (Å²) in [5.41, 5.74) is 2.76. The molecule has 0 amide bonds. The number of carboxylic acid groups (broad SMARTS) is 1. The highest BCUT2D eigenvalue weighted by atomic mass is 32.1. The third-order valence-corrected chi connectivity index (χ3v) is 4.14. The predicted molar refractivity (Wildman–Crippen MR) is 74.9 cm³/mol. The van der Waals surface area contributed by atoms with Crippen molar-refractivity contribution in [3.63, 3.8) is 0 Å². The van der Waals surface area contributed by atoms with Crippen molar-refractivity contribution in [2.45, 2.75) is 19.4 Å². The van der Waals surface area contributed by atoms with Crippen molar-refractivity contribution < 1.29 is 9.90 Å². The van der Waals surface area contributed by atoms with E-state index in [1.807, 2.05) is 6.07 Å². The second-order valence-corrected chi connectivity index (χ2v) is 5.53. The first kappa shape index (κ1) is 12.2. The second-order valence-electron chi connectivity index (χ2n) is 4.59.